The van der Waals surface area contributed by atoms with Gasteiger partial charge in [0, 0.05) is 12.6 Å². The summed E-state index contributed by atoms with van der Waals surface area (Å²) in [6.07, 6.45) is 7.65. The number of rotatable bonds is 3. The number of hydrogen-bond donors (Lipinski definition) is 1. The SMILES string of the molecule is CNC(c1ccc(C)cc1)C1CCOC2(CCCC2)C1. The van der Waals surface area contributed by atoms with Gasteiger partial charge in [0.05, 0.1) is 5.60 Å². The lowest BCUT2D eigenvalue weighted by atomic mass is 9.78. The quantitative estimate of drug-likeness (QED) is 0.899. The Morgan fingerprint density at radius 3 is 2.55 bits per heavy atom. The Morgan fingerprint density at radius 1 is 1.20 bits per heavy atom. The van der Waals surface area contributed by atoms with Crippen LogP contribution in [0.15, 0.2) is 24.3 Å². The lowest BCUT2D eigenvalue weighted by Crippen LogP contribution is -2.41. The maximum atomic E-state index is 6.18. The third-order valence-electron chi connectivity index (χ3n) is 5.26. The van der Waals surface area contributed by atoms with Crippen LogP contribution in [0, 0.1) is 12.8 Å². The predicted molar refractivity (Wildman–Crippen MR) is 82.9 cm³/mol. The molecule has 20 heavy (non-hydrogen) atoms. The average Bonchev–Trinajstić information content (AvgIpc) is 2.90. The summed E-state index contributed by atoms with van der Waals surface area (Å²) in [6.45, 7) is 3.09. The Balaban J connectivity index is 1.76. The van der Waals surface area contributed by atoms with Gasteiger partial charge in [-0.2, -0.15) is 0 Å². The van der Waals surface area contributed by atoms with Crippen molar-refractivity contribution in [3.63, 3.8) is 0 Å². The van der Waals surface area contributed by atoms with Crippen LogP contribution < -0.4 is 5.32 Å². The molecule has 2 atom stereocenters. The molecular weight excluding hydrogens is 246 g/mol. The molecular formula is C18H27NO. The zero-order valence-corrected chi connectivity index (χ0v) is 12.8. The van der Waals surface area contributed by atoms with Crippen LogP contribution in [-0.4, -0.2) is 19.3 Å². The van der Waals surface area contributed by atoms with E-state index in [0.29, 0.717) is 12.0 Å². The van der Waals surface area contributed by atoms with E-state index in [4.69, 9.17) is 4.74 Å². The summed E-state index contributed by atoms with van der Waals surface area (Å²) in [6, 6.07) is 9.49. The summed E-state index contributed by atoms with van der Waals surface area (Å²) in [5.74, 6) is 0.703. The van der Waals surface area contributed by atoms with Crippen molar-refractivity contribution in [1.82, 2.24) is 5.32 Å². The van der Waals surface area contributed by atoms with E-state index in [1.54, 1.807) is 0 Å². The highest BCUT2D eigenvalue weighted by Gasteiger charge is 2.41. The van der Waals surface area contributed by atoms with Crippen molar-refractivity contribution in [1.29, 1.82) is 0 Å². The number of ether oxygens (including phenoxy) is 1. The summed E-state index contributed by atoms with van der Waals surface area (Å²) < 4.78 is 6.18. The van der Waals surface area contributed by atoms with Gasteiger partial charge in [-0.15, -0.1) is 0 Å². The molecule has 2 fully saturated rings. The van der Waals surface area contributed by atoms with Crippen molar-refractivity contribution in [3.8, 4) is 0 Å². The molecule has 1 aliphatic carbocycles. The van der Waals surface area contributed by atoms with E-state index >= 15 is 0 Å². The minimum atomic E-state index is 0.211. The molecule has 2 heteroatoms. The highest BCUT2D eigenvalue weighted by Crippen LogP contribution is 2.45. The summed E-state index contributed by atoms with van der Waals surface area (Å²) >= 11 is 0. The summed E-state index contributed by atoms with van der Waals surface area (Å²) in [7, 11) is 2.10. The maximum absolute atomic E-state index is 6.18. The van der Waals surface area contributed by atoms with E-state index in [1.807, 2.05) is 0 Å². The van der Waals surface area contributed by atoms with Crippen molar-refractivity contribution in [2.75, 3.05) is 13.7 Å². The first-order valence-corrected chi connectivity index (χ1v) is 8.10. The zero-order valence-electron chi connectivity index (χ0n) is 12.8. The summed E-state index contributed by atoms with van der Waals surface area (Å²) in [4.78, 5) is 0. The smallest absolute Gasteiger partial charge is 0.0686 e. The number of nitrogens with one attached hydrogen (secondary N) is 1. The van der Waals surface area contributed by atoms with Gasteiger partial charge in [-0.3, -0.25) is 0 Å². The fourth-order valence-electron chi connectivity index (χ4n) is 4.17. The Kier molecular flexibility index (Phi) is 4.13. The van der Waals surface area contributed by atoms with Crippen molar-refractivity contribution < 1.29 is 4.74 Å². The van der Waals surface area contributed by atoms with Gasteiger partial charge in [-0.25, -0.2) is 0 Å². The zero-order chi connectivity index (χ0) is 14.0. The fraction of sp³-hybridized carbons (Fsp3) is 0.667. The minimum absolute atomic E-state index is 0.211. The monoisotopic (exact) mass is 273 g/mol. The fourth-order valence-corrected chi connectivity index (χ4v) is 4.17. The second-order valence-electron chi connectivity index (χ2n) is 6.67. The highest BCUT2D eigenvalue weighted by molar-refractivity contribution is 5.25. The first-order valence-electron chi connectivity index (χ1n) is 8.10. The molecule has 0 amide bonds. The maximum Gasteiger partial charge on any atom is 0.0686 e. The van der Waals surface area contributed by atoms with Gasteiger partial charge in [-0.1, -0.05) is 42.7 Å². The van der Waals surface area contributed by atoms with Crippen molar-refractivity contribution in [3.05, 3.63) is 35.4 Å². The second kappa shape index (κ2) is 5.87. The van der Waals surface area contributed by atoms with Crippen molar-refractivity contribution >= 4 is 0 Å². The molecule has 2 aliphatic rings. The molecule has 2 unspecified atom stereocenters. The molecule has 1 N–H and O–H groups in total. The molecule has 1 aromatic rings. The molecule has 0 radical (unpaired) electrons. The first-order chi connectivity index (χ1) is 9.72. The van der Waals surface area contributed by atoms with Gasteiger partial charge in [0.1, 0.15) is 0 Å². The van der Waals surface area contributed by atoms with Crippen LogP contribution in [0.3, 0.4) is 0 Å². The normalized spacial score (nSPS) is 26.8. The molecule has 0 bridgehead atoms. The molecule has 1 spiro atoms. The third kappa shape index (κ3) is 2.77. The van der Waals surface area contributed by atoms with Gasteiger partial charge in [0.25, 0.3) is 0 Å². The Morgan fingerprint density at radius 2 is 1.90 bits per heavy atom. The number of hydrogen-bond acceptors (Lipinski definition) is 2. The van der Waals surface area contributed by atoms with Gasteiger partial charge in [-0.05, 0) is 51.1 Å². The Labute approximate surface area is 122 Å². The van der Waals surface area contributed by atoms with E-state index in [1.165, 1.54) is 49.7 Å². The molecule has 1 saturated heterocycles. The lowest BCUT2D eigenvalue weighted by molar-refractivity contribution is -0.0978. The molecule has 1 aromatic carbocycles. The average molecular weight is 273 g/mol. The van der Waals surface area contributed by atoms with E-state index < -0.39 is 0 Å². The van der Waals surface area contributed by atoms with Gasteiger partial charge >= 0.3 is 0 Å². The van der Waals surface area contributed by atoms with Gasteiger partial charge < -0.3 is 10.1 Å². The van der Waals surface area contributed by atoms with Gasteiger partial charge in [0.2, 0.25) is 0 Å². The molecule has 0 aromatic heterocycles. The largest absolute Gasteiger partial charge is 0.375 e. The second-order valence-corrected chi connectivity index (χ2v) is 6.67. The van der Waals surface area contributed by atoms with Crippen LogP contribution >= 0.6 is 0 Å². The van der Waals surface area contributed by atoms with Crippen LogP contribution in [-0.2, 0) is 4.74 Å². The van der Waals surface area contributed by atoms with E-state index in [2.05, 4.69) is 43.6 Å². The summed E-state index contributed by atoms with van der Waals surface area (Å²) in [5.41, 5.74) is 2.98. The number of aryl methyl sites for hydroxylation is 1. The van der Waals surface area contributed by atoms with Crippen molar-refractivity contribution in [2.45, 2.75) is 57.1 Å². The molecule has 1 heterocycles. The molecule has 1 aliphatic heterocycles. The molecule has 110 valence electrons. The summed E-state index contributed by atoms with van der Waals surface area (Å²) in [5, 5.41) is 3.56. The lowest BCUT2D eigenvalue weighted by Gasteiger charge is -2.41. The first kappa shape index (κ1) is 14.1. The van der Waals surface area contributed by atoms with Gasteiger partial charge in [0.15, 0.2) is 0 Å². The molecule has 1 saturated carbocycles. The number of benzene rings is 1. The Hall–Kier alpha value is -0.860. The van der Waals surface area contributed by atoms with Crippen LogP contribution in [0.25, 0.3) is 0 Å². The van der Waals surface area contributed by atoms with E-state index in [0.717, 1.165) is 6.61 Å². The van der Waals surface area contributed by atoms with Crippen LogP contribution in [0.1, 0.15) is 55.7 Å². The van der Waals surface area contributed by atoms with Crippen molar-refractivity contribution in [2.24, 2.45) is 5.92 Å². The van der Waals surface area contributed by atoms with Crippen LogP contribution in [0.4, 0.5) is 0 Å². The van der Waals surface area contributed by atoms with Crippen LogP contribution in [0.2, 0.25) is 0 Å². The third-order valence-corrected chi connectivity index (χ3v) is 5.26. The predicted octanol–water partition coefficient (Wildman–Crippen LogP) is 3.99. The standard InChI is InChI=1S/C18H27NO/c1-14-5-7-15(8-6-14)17(19-2)16-9-12-20-18(13-16)10-3-4-11-18/h5-8,16-17,19H,3-4,9-13H2,1-2H3. The highest BCUT2D eigenvalue weighted by atomic mass is 16.5. The Bertz CT molecular complexity index is 433. The topological polar surface area (TPSA) is 21.3 Å². The van der Waals surface area contributed by atoms with E-state index in [9.17, 15) is 0 Å². The molecule has 2 nitrogen and oxygen atoms in total. The molecule has 3 rings (SSSR count). The minimum Gasteiger partial charge on any atom is -0.375 e. The van der Waals surface area contributed by atoms with Crippen LogP contribution in [0.5, 0.6) is 0 Å². The van der Waals surface area contributed by atoms with E-state index in [-0.39, 0.29) is 5.60 Å².